The average molecular weight is 292 g/mol. The highest BCUT2D eigenvalue weighted by atomic mass is 32.2. The Hall–Kier alpha value is -0.660. The number of carboxylic acid groups (broad SMARTS) is 1. The van der Waals surface area contributed by atoms with Crippen LogP contribution in [0.4, 0.5) is 0 Å². The van der Waals surface area contributed by atoms with Gasteiger partial charge in [-0.05, 0) is 18.3 Å². The van der Waals surface area contributed by atoms with Crippen molar-refractivity contribution in [3.8, 4) is 0 Å². The normalized spacial score (nSPS) is 24.6. The summed E-state index contributed by atoms with van der Waals surface area (Å²) in [6, 6.07) is 0. The summed E-state index contributed by atoms with van der Waals surface area (Å²) in [5.41, 5.74) is 0. The maximum atomic E-state index is 11.9. The van der Waals surface area contributed by atoms with Crippen LogP contribution in [0.25, 0.3) is 0 Å². The summed E-state index contributed by atoms with van der Waals surface area (Å²) < 4.78 is 27.5. The number of carboxylic acids is 1. The predicted octanol–water partition coefficient (Wildman–Crippen LogP) is 1.05. The Bertz CT molecular complexity index is 397. The molecule has 0 aromatic carbocycles. The Morgan fingerprint density at radius 3 is 2.58 bits per heavy atom. The average Bonchev–Trinajstić information content (AvgIpc) is 2.34. The standard InChI is InChI=1S/C12H24N2O4S/c1-10-5-3-4-6-11(10)9-13-19(17,18)14(2)8-7-12(15)16/h10-11,13H,3-9H2,1-2H3,(H,15,16). The molecule has 1 rings (SSSR count). The molecule has 1 aliphatic rings. The fraction of sp³-hybridized carbons (Fsp3) is 0.917. The summed E-state index contributed by atoms with van der Waals surface area (Å²) in [5.74, 6) is -0.0693. The molecule has 7 heteroatoms. The van der Waals surface area contributed by atoms with Gasteiger partial charge in [-0.2, -0.15) is 12.7 Å². The first-order valence-electron chi connectivity index (χ1n) is 6.75. The molecule has 2 atom stereocenters. The topological polar surface area (TPSA) is 86.7 Å². The fourth-order valence-corrected chi connectivity index (χ4v) is 3.37. The van der Waals surface area contributed by atoms with Crippen molar-refractivity contribution in [2.45, 2.75) is 39.0 Å². The summed E-state index contributed by atoms with van der Waals surface area (Å²) in [7, 11) is -2.16. The van der Waals surface area contributed by atoms with E-state index in [1.54, 1.807) is 0 Å². The number of rotatable bonds is 7. The number of hydrogen-bond acceptors (Lipinski definition) is 3. The molecule has 0 bridgehead atoms. The third kappa shape index (κ3) is 5.46. The van der Waals surface area contributed by atoms with Gasteiger partial charge in [0.1, 0.15) is 0 Å². The third-order valence-electron chi connectivity index (χ3n) is 3.87. The summed E-state index contributed by atoms with van der Waals surface area (Å²) in [6.07, 6.45) is 4.41. The summed E-state index contributed by atoms with van der Waals surface area (Å²) in [6.45, 7) is 2.60. The summed E-state index contributed by atoms with van der Waals surface area (Å²) in [4.78, 5) is 10.4. The highest BCUT2D eigenvalue weighted by Crippen LogP contribution is 2.28. The highest BCUT2D eigenvalue weighted by Gasteiger charge is 2.24. The number of carbonyl (C=O) groups is 1. The van der Waals surface area contributed by atoms with E-state index in [0.717, 1.165) is 23.6 Å². The zero-order valence-corrected chi connectivity index (χ0v) is 12.4. The van der Waals surface area contributed by atoms with Crippen LogP contribution in [-0.2, 0) is 15.0 Å². The van der Waals surface area contributed by atoms with E-state index in [-0.39, 0.29) is 13.0 Å². The lowest BCUT2D eigenvalue weighted by atomic mass is 9.81. The van der Waals surface area contributed by atoms with E-state index in [9.17, 15) is 13.2 Å². The molecule has 6 nitrogen and oxygen atoms in total. The van der Waals surface area contributed by atoms with Crippen LogP contribution in [0.2, 0.25) is 0 Å². The van der Waals surface area contributed by atoms with Gasteiger partial charge < -0.3 is 5.11 Å². The maximum Gasteiger partial charge on any atom is 0.304 e. The van der Waals surface area contributed by atoms with Gasteiger partial charge in [-0.3, -0.25) is 4.79 Å². The van der Waals surface area contributed by atoms with E-state index in [2.05, 4.69) is 11.6 Å². The highest BCUT2D eigenvalue weighted by molar-refractivity contribution is 7.87. The van der Waals surface area contributed by atoms with Crippen LogP contribution in [0, 0.1) is 11.8 Å². The van der Waals surface area contributed by atoms with Crippen molar-refractivity contribution in [3.63, 3.8) is 0 Å². The van der Waals surface area contributed by atoms with E-state index in [4.69, 9.17) is 5.11 Å². The molecule has 0 aliphatic heterocycles. The SMILES string of the molecule is CC1CCCCC1CNS(=O)(=O)N(C)CCC(=O)O. The molecule has 0 aromatic rings. The number of nitrogens with zero attached hydrogens (tertiary/aromatic N) is 1. The van der Waals surface area contributed by atoms with Crippen molar-refractivity contribution in [2.24, 2.45) is 11.8 Å². The molecule has 1 saturated carbocycles. The summed E-state index contributed by atoms with van der Waals surface area (Å²) in [5, 5.41) is 8.55. The van der Waals surface area contributed by atoms with Gasteiger partial charge in [-0.1, -0.05) is 26.2 Å². The molecule has 0 spiro atoms. The van der Waals surface area contributed by atoms with E-state index in [1.165, 1.54) is 13.5 Å². The van der Waals surface area contributed by atoms with Gasteiger partial charge in [-0.15, -0.1) is 0 Å². The van der Waals surface area contributed by atoms with E-state index in [0.29, 0.717) is 18.4 Å². The van der Waals surface area contributed by atoms with Gasteiger partial charge in [0.25, 0.3) is 10.2 Å². The quantitative estimate of drug-likeness (QED) is 0.734. The second-order valence-corrected chi connectivity index (χ2v) is 7.20. The lowest BCUT2D eigenvalue weighted by molar-refractivity contribution is -0.137. The van der Waals surface area contributed by atoms with Gasteiger partial charge in [0, 0.05) is 20.1 Å². The lowest BCUT2D eigenvalue weighted by Gasteiger charge is -2.29. The van der Waals surface area contributed by atoms with Gasteiger partial charge in [-0.25, -0.2) is 4.72 Å². The number of hydrogen-bond donors (Lipinski definition) is 2. The molecule has 1 aliphatic carbocycles. The first kappa shape index (κ1) is 16.4. The zero-order valence-electron chi connectivity index (χ0n) is 11.6. The molecule has 0 saturated heterocycles. The van der Waals surface area contributed by atoms with Crippen LogP contribution < -0.4 is 4.72 Å². The van der Waals surface area contributed by atoms with E-state index < -0.39 is 16.2 Å². The minimum absolute atomic E-state index is 0.00904. The lowest BCUT2D eigenvalue weighted by Crippen LogP contribution is -2.42. The smallest absolute Gasteiger partial charge is 0.304 e. The fourth-order valence-electron chi connectivity index (χ4n) is 2.39. The molecule has 0 aromatic heterocycles. The molecule has 2 N–H and O–H groups in total. The number of nitrogens with one attached hydrogen (secondary N) is 1. The van der Waals surface area contributed by atoms with Crippen molar-refractivity contribution >= 4 is 16.2 Å². The molecule has 2 unspecified atom stereocenters. The van der Waals surface area contributed by atoms with Crippen molar-refractivity contribution in [1.29, 1.82) is 0 Å². The molecule has 0 radical (unpaired) electrons. The number of aliphatic carboxylic acids is 1. The minimum atomic E-state index is -3.56. The van der Waals surface area contributed by atoms with Crippen molar-refractivity contribution < 1.29 is 18.3 Å². The van der Waals surface area contributed by atoms with Crippen LogP contribution in [0.1, 0.15) is 39.0 Å². The Labute approximate surface area is 115 Å². The minimum Gasteiger partial charge on any atom is -0.481 e. The second-order valence-electron chi connectivity index (χ2n) is 5.34. The first-order valence-corrected chi connectivity index (χ1v) is 8.19. The van der Waals surface area contributed by atoms with E-state index >= 15 is 0 Å². The van der Waals surface area contributed by atoms with Crippen LogP contribution >= 0.6 is 0 Å². The zero-order chi connectivity index (χ0) is 14.5. The van der Waals surface area contributed by atoms with Crippen LogP contribution in [0.3, 0.4) is 0 Å². The van der Waals surface area contributed by atoms with Gasteiger partial charge in [0.15, 0.2) is 0 Å². The van der Waals surface area contributed by atoms with Crippen molar-refractivity contribution in [3.05, 3.63) is 0 Å². The van der Waals surface area contributed by atoms with Crippen LogP contribution in [-0.4, -0.2) is 43.9 Å². The maximum absolute atomic E-state index is 11.9. The molecule has 0 heterocycles. The molecule has 0 amide bonds. The Morgan fingerprint density at radius 1 is 1.37 bits per heavy atom. The van der Waals surface area contributed by atoms with Crippen molar-refractivity contribution in [1.82, 2.24) is 9.03 Å². The van der Waals surface area contributed by atoms with Crippen LogP contribution in [0.5, 0.6) is 0 Å². The molecular formula is C12H24N2O4S. The first-order chi connectivity index (χ1) is 8.83. The van der Waals surface area contributed by atoms with Crippen molar-refractivity contribution in [2.75, 3.05) is 20.1 Å². The van der Waals surface area contributed by atoms with Gasteiger partial charge >= 0.3 is 5.97 Å². The molecule has 112 valence electrons. The Balaban J connectivity index is 2.43. The van der Waals surface area contributed by atoms with Crippen LogP contribution in [0.15, 0.2) is 0 Å². The summed E-state index contributed by atoms with van der Waals surface area (Å²) >= 11 is 0. The van der Waals surface area contributed by atoms with Gasteiger partial charge in [0.05, 0.1) is 6.42 Å². The van der Waals surface area contributed by atoms with Gasteiger partial charge in [0.2, 0.25) is 0 Å². The predicted molar refractivity (Wildman–Crippen MR) is 72.9 cm³/mol. The second kappa shape index (κ2) is 7.21. The van der Waals surface area contributed by atoms with E-state index in [1.807, 2.05) is 0 Å². The molecule has 19 heavy (non-hydrogen) atoms. The Morgan fingerprint density at radius 2 is 2.00 bits per heavy atom. The largest absolute Gasteiger partial charge is 0.481 e. The Kier molecular flexibility index (Phi) is 6.22. The molecule has 1 fully saturated rings. The molecular weight excluding hydrogens is 268 g/mol. The monoisotopic (exact) mass is 292 g/mol. The third-order valence-corrected chi connectivity index (χ3v) is 5.40.